The van der Waals surface area contributed by atoms with E-state index in [1.807, 2.05) is 0 Å². The quantitative estimate of drug-likeness (QED) is 0.819. The zero-order valence-corrected chi connectivity index (χ0v) is 13.0. The molecule has 0 bridgehead atoms. The van der Waals surface area contributed by atoms with Crippen LogP contribution in [0.15, 0.2) is 12.1 Å². The normalized spacial score (nSPS) is 17.0. The third-order valence-corrected chi connectivity index (χ3v) is 4.18. The Morgan fingerprint density at radius 1 is 1.27 bits per heavy atom. The summed E-state index contributed by atoms with van der Waals surface area (Å²) in [4.78, 5) is 23.4. The molecule has 120 valence electrons. The fraction of sp³-hybridized carbons (Fsp3) is 0.429. The molecule has 0 atom stereocenters. The fourth-order valence-corrected chi connectivity index (χ4v) is 2.87. The number of rotatable bonds is 4. The molecule has 1 heterocycles. The standard InChI is InChI=1S/C14H14Cl2FNO4/c15-9-6-10(16)11(17)5-8(9)13(21)18-14(7-12(19)20)1-3-22-4-2-14/h5-6H,1-4,7H2,(H,18,21)(H,19,20). The molecule has 0 spiro atoms. The number of aliphatic carboxylic acids is 1. The van der Waals surface area contributed by atoms with Crippen LogP contribution < -0.4 is 5.32 Å². The summed E-state index contributed by atoms with van der Waals surface area (Å²) in [5.41, 5.74) is -1.01. The maximum Gasteiger partial charge on any atom is 0.305 e. The molecule has 2 N–H and O–H groups in total. The third kappa shape index (κ3) is 3.88. The van der Waals surface area contributed by atoms with E-state index in [-0.39, 0.29) is 22.0 Å². The highest BCUT2D eigenvalue weighted by atomic mass is 35.5. The average molecular weight is 350 g/mol. The molecular weight excluding hydrogens is 336 g/mol. The van der Waals surface area contributed by atoms with Crippen LogP contribution in [0, 0.1) is 5.82 Å². The topological polar surface area (TPSA) is 75.6 Å². The van der Waals surface area contributed by atoms with E-state index in [1.165, 1.54) is 0 Å². The molecule has 1 aromatic carbocycles. The second-order valence-electron chi connectivity index (χ2n) is 5.16. The summed E-state index contributed by atoms with van der Waals surface area (Å²) in [7, 11) is 0. The van der Waals surface area contributed by atoms with Gasteiger partial charge in [-0.15, -0.1) is 0 Å². The van der Waals surface area contributed by atoms with Gasteiger partial charge >= 0.3 is 5.97 Å². The van der Waals surface area contributed by atoms with Crippen molar-refractivity contribution in [2.75, 3.05) is 13.2 Å². The highest BCUT2D eigenvalue weighted by Crippen LogP contribution is 2.28. The van der Waals surface area contributed by atoms with Gasteiger partial charge in [-0.1, -0.05) is 23.2 Å². The van der Waals surface area contributed by atoms with Crippen molar-refractivity contribution < 1.29 is 23.8 Å². The van der Waals surface area contributed by atoms with E-state index >= 15 is 0 Å². The minimum absolute atomic E-state index is 0.00133. The monoisotopic (exact) mass is 349 g/mol. The van der Waals surface area contributed by atoms with Crippen LogP contribution >= 0.6 is 23.2 Å². The van der Waals surface area contributed by atoms with E-state index in [4.69, 9.17) is 33.0 Å². The van der Waals surface area contributed by atoms with E-state index < -0.39 is 23.2 Å². The Morgan fingerprint density at radius 2 is 1.91 bits per heavy atom. The number of amides is 1. The molecular formula is C14H14Cl2FNO4. The fourth-order valence-electron chi connectivity index (χ4n) is 2.40. The molecule has 1 saturated heterocycles. The number of hydrogen-bond acceptors (Lipinski definition) is 3. The first-order valence-electron chi connectivity index (χ1n) is 6.60. The van der Waals surface area contributed by atoms with Crippen molar-refractivity contribution in [1.29, 1.82) is 0 Å². The summed E-state index contributed by atoms with van der Waals surface area (Å²) in [6.45, 7) is 0.687. The van der Waals surface area contributed by atoms with Gasteiger partial charge in [-0.3, -0.25) is 9.59 Å². The number of carboxylic acid groups (broad SMARTS) is 1. The Balaban J connectivity index is 2.24. The van der Waals surface area contributed by atoms with Crippen LogP contribution in [-0.2, 0) is 9.53 Å². The number of nitrogens with one attached hydrogen (secondary N) is 1. The highest BCUT2D eigenvalue weighted by Gasteiger charge is 2.37. The molecule has 1 aliphatic rings. The van der Waals surface area contributed by atoms with Gasteiger partial charge in [0.25, 0.3) is 5.91 Å². The number of hydrogen-bond donors (Lipinski definition) is 2. The summed E-state index contributed by atoms with van der Waals surface area (Å²) in [5.74, 6) is -2.44. The largest absolute Gasteiger partial charge is 0.481 e. The van der Waals surface area contributed by atoms with Crippen molar-refractivity contribution in [2.45, 2.75) is 24.8 Å². The van der Waals surface area contributed by atoms with Crippen molar-refractivity contribution in [3.63, 3.8) is 0 Å². The van der Waals surface area contributed by atoms with Crippen molar-refractivity contribution in [1.82, 2.24) is 5.32 Å². The zero-order valence-electron chi connectivity index (χ0n) is 11.5. The van der Waals surface area contributed by atoms with Gasteiger partial charge in [0.1, 0.15) is 5.82 Å². The van der Waals surface area contributed by atoms with E-state index in [1.54, 1.807) is 0 Å². The summed E-state index contributed by atoms with van der Waals surface area (Å²) in [6.07, 6.45) is 0.479. The van der Waals surface area contributed by atoms with Gasteiger partial charge in [0.05, 0.1) is 27.6 Å². The minimum Gasteiger partial charge on any atom is -0.481 e. The average Bonchev–Trinajstić information content (AvgIpc) is 2.42. The zero-order chi connectivity index (χ0) is 16.3. The van der Waals surface area contributed by atoms with Crippen LogP contribution in [0.4, 0.5) is 4.39 Å². The molecule has 5 nitrogen and oxygen atoms in total. The smallest absolute Gasteiger partial charge is 0.305 e. The van der Waals surface area contributed by atoms with Crippen molar-refractivity contribution in [3.8, 4) is 0 Å². The second kappa shape index (κ2) is 6.81. The van der Waals surface area contributed by atoms with Crippen LogP contribution in [0.25, 0.3) is 0 Å². The first-order chi connectivity index (χ1) is 10.3. The van der Waals surface area contributed by atoms with Crippen LogP contribution in [0.3, 0.4) is 0 Å². The molecule has 22 heavy (non-hydrogen) atoms. The maximum atomic E-state index is 13.5. The van der Waals surface area contributed by atoms with E-state index in [0.29, 0.717) is 26.1 Å². The molecule has 0 radical (unpaired) electrons. The second-order valence-corrected chi connectivity index (χ2v) is 5.98. The molecule has 1 aromatic rings. The lowest BCUT2D eigenvalue weighted by Gasteiger charge is -2.36. The number of ether oxygens (including phenoxy) is 1. The lowest BCUT2D eigenvalue weighted by atomic mass is 9.86. The number of carbonyl (C=O) groups excluding carboxylic acids is 1. The number of carbonyl (C=O) groups is 2. The Hall–Kier alpha value is -1.37. The molecule has 1 fully saturated rings. The van der Waals surface area contributed by atoms with Gasteiger partial charge in [-0.25, -0.2) is 4.39 Å². The predicted octanol–water partition coefficient (Wildman–Crippen LogP) is 2.89. The third-order valence-electron chi connectivity index (χ3n) is 3.57. The Morgan fingerprint density at radius 3 is 2.50 bits per heavy atom. The van der Waals surface area contributed by atoms with Gasteiger partial charge in [0.15, 0.2) is 0 Å². The number of halogens is 3. The van der Waals surface area contributed by atoms with Gasteiger partial charge in [-0.05, 0) is 25.0 Å². The molecule has 8 heteroatoms. The lowest BCUT2D eigenvalue weighted by molar-refractivity contribution is -0.139. The van der Waals surface area contributed by atoms with E-state index in [9.17, 15) is 14.0 Å². The number of benzene rings is 1. The maximum absolute atomic E-state index is 13.5. The van der Waals surface area contributed by atoms with Gasteiger partial charge in [0.2, 0.25) is 0 Å². The first-order valence-corrected chi connectivity index (χ1v) is 7.35. The summed E-state index contributed by atoms with van der Waals surface area (Å²) >= 11 is 11.5. The van der Waals surface area contributed by atoms with E-state index in [2.05, 4.69) is 5.32 Å². The lowest BCUT2D eigenvalue weighted by Crippen LogP contribution is -2.53. The molecule has 0 unspecified atom stereocenters. The van der Waals surface area contributed by atoms with Crippen LogP contribution in [0.1, 0.15) is 29.6 Å². The van der Waals surface area contributed by atoms with Crippen molar-refractivity contribution in [2.24, 2.45) is 0 Å². The van der Waals surface area contributed by atoms with Crippen LogP contribution in [-0.4, -0.2) is 35.7 Å². The summed E-state index contributed by atoms with van der Waals surface area (Å²) in [5, 5.41) is 11.5. The molecule has 2 rings (SSSR count). The number of carboxylic acids is 1. The first kappa shape index (κ1) is 17.0. The van der Waals surface area contributed by atoms with Gasteiger partial charge in [-0.2, -0.15) is 0 Å². The molecule has 1 aliphatic heterocycles. The molecule has 1 amide bonds. The summed E-state index contributed by atoms with van der Waals surface area (Å²) in [6, 6.07) is 2.08. The highest BCUT2D eigenvalue weighted by molar-refractivity contribution is 6.36. The Labute approximate surface area is 136 Å². The summed E-state index contributed by atoms with van der Waals surface area (Å²) < 4.78 is 18.7. The van der Waals surface area contributed by atoms with E-state index in [0.717, 1.165) is 12.1 Å². The minimum atomic E-state index is -1.03. The Bertz CT molecular complexity index is 603. The molecule has 0 saturated carbocycles. The SMILES string of the molecule is O=C(O)CC1(NC(=O)c2cc(F)c(Cl)cc2Cl)CCOCC1. The van der Waals surface area contributed by atoms with Crippen molar-refractivity contribution >= 4 is 35.1 Å². The van der Waals surface area contributed by atoms with Crippen LogP contribution in [0.2, 0.25) is 10.0 Å². The Kier molecular flexibility index (Phi) is 5.26. The van der Waals surface area contributed by atoms with Gasteiger partial charge < -0.3 is 15.2 Å². The van der Waals surface area contributed by atoms with Crippen LogP contribution in [0.5, 0.6) is 0 Å². The van der Waals surface area contributed by atoms with Crippen molar-refractivity contribution in [3.05, 3.63) is 33.6 Å². The van der Waals surface area contributed by atoms with Gasteiger partial charge in [0, 0.05) is 13.2 Å². The molecule has 0 aliphatic carbocycles. The molecule has 0 aromatic heterocycles. The predicted molar refractivity (Wildman–Crippen MR) is 78.9 cm³/mol.